The van der Waals surface area contributed by atoms with E-state index in [-0.39, 0.29) is 10.9 Å². The molecule has 0 saturated heterocycles. The van der Waals surface area contributed by atoms with E-state index in [1.807, 2.05) is 6.08 Å². The molecule has 0 spiro atoms. The smallest absolute Gasteiger partial charge is 0.257 e. The molecule has 2 heterocycles. The number of anilines is 1. The normalized spacial score (nSPS) is 16.0. The molecule has 1 aliphatic rings. The standard InChI is InChI=1S/C17H18BrN3O3S2/c1-26(23,24)15-7-6-12(9-19-15)13(8-11-4-2-3-5-11)16(22)21-17-20-10-14(18)25-17/h6-11H,2-5H2,1H3,(H,20,21,22)/b13-8+. The van der Waals surface area contributed by atoms with Gasteiger partial charge in [-0.3, -0.25) is 10.1 Å². The number of carbonyl (C=O) groups excluding carboxylic acids is 1. The number of hydrogen-bond donors (Lipinski definition) is 1. The number of aromatic nitrogens is 2. The number of carbonyl (C=O) groups is 1. The number of halogens is 1. The third-order valence-electron chi connectivity index (χ3n) is 4.17. The van der Waals surface area contributed by atoms with Crippen LogP contribution in [0.1, 0.15) is 31.2 Å². The molecular weight excluding hydrogens is 438 g/mol. The van der Waals surface area contributed by atoms with Crippen molar-refractivity contribution in [3.63, 3.8) is 0 Å². The molecule has 0 unspecified atom stereocenters. The molecule has 0 bridgehead atoms. The number of amides is 1. The second-order valence-electron chi connectivity index (χ2n) is 6.21. The van der Waals surface area contributed by atoms with Gasteiger partial charge >= 0.3 is 0 Å². The minimum atomic E-state index is -3.38. The van der Waals surface area contributed by atoms with Gasteiger partial charge in [-0.05, 0) is 46.8 Å². The van der Waals surface area contributed by atoms with Crippen LogP contribution in [-0.4, -0.2) is 30.5 Å². The van der Waals surface area contributed by atoms with Gasteiger partial charge in [0, 0.05) is 23.6 Å². The molecule has 0 aliphatic heterocycles. The molecule has 0 aromatic carbocycles. The highest BCUT2D eigenvalue weighted by Gasteiger charge is 2.20. The van der Waals surface area contributed by atoms with Gasteiger partial charge in [0.05, 0.1) is 9.98 Å². The maximum Gasteiger partial charge on any atom is 0.257 e. The summed E-state index contributed by atoms with van der Waals surface area (Å²) in [4.78, 5) is 21.0. The summed E-state index contributed by atoms with van der Waals surface area (Å²) in [5, 5.41) is 3.30. The Morgan fingerprint density at radius 3 is 2.54 bits per heavy atom. The van der Waals surface area contributed by atoms with Gasteiger partial charge in [0.1, 0.15) is 0 Å². The van der Waals surface area contributed by atoms with Crippen LogP contribution in [0.3, 0.4) is 0 Å². The highest BCUT2D eigenvalue weighted by molar-refractivity contribution is 9.11. The lowest BCUT2D eigenvalue weighted by Gasteiger charge is -2.11. The number of rotatable bonds is 5. The Morgan fingerprint density at radius 1 is 1.27 bits per heavy atom. The Bertz CT molecular complexity index is 930. The van der Waals surface area contributed by atoms with E-state index in [2.05, 4.69) is 31.2 Å². The van der Waals surface area contributed by atoms with Crippen molar-refractivity contribution < 1.29 is 13.2 Å². The highest BCUT2D eigenvalue weighted by atomic mass is 79.9. The van der Waals surface area contributed by atoms with E-state index in [0.29, 0.717) is 22.2 Å². The number of thiazole rings is 1. The van der Waals surface area contributed by atoms with Crippen LogP contribution in [0.2, 0.25) is 0 Å². The van der Waals surface area contributed by atoms with E-state index in [1.165, 1.54) is 23.6 Å². The molecule has 138 valence electrons. The molecule has 0 atom stereocenters. The predicted molar refractivity (Wildman–Crippen MR) is 106 cm³/mol. The van der Waals surface area contributed by atoms with E-state index in [1.54, 1.807) is 12.3 Å². The summed E-state index contributed by atoms with van der Waals surface area (Å²) in [5.74, 6) is 0.0704. The largest absolute Gasteiger partial charge is 0.298 e. The Hall–Kier alpha value is -1.58. The number of hydrogen-bond acceptors (Lipinski definition) is 6. The number of pyridine rings is 1. The van der Waals surface area contributed by atoms with Crippen molar-refractivity contribution in [2.24, 2.45) is 5.92 Å². The maximum atomic E-state index is 12.8. The minimum absolute atomic E-state index is 0.00858. The van der Waals surface area contributed by atoms with Gasteiger partial charge in [0.2, 0.25) is 0 Å². The van der Waals surface area contributed by atoms with Crippen LogP contribution in [0.5, 0.6) is 0 Å². The lowest BCUT2D eigenvalue weighted by Crippen LogP contribution is -2.15. The van der Waals surface area contributed by atoms with Gasteiger partial charge in [-0.1, -0.05) is 30.3 Å². The van der Waals surface area contributed by atoms with Crippen molar-refractivity contribution >= 4 is 53.7 Å². The molecule has 0 radical (unpaired) electrons. The van der Waals surface area contributed by atoms with Crippen molar-refractivity contribution in [3.8, 4) is 0 Å². The zero-order valence-corrected chi connectivity index (χ0v) is 17.3. The summed E-state index contributed by atoms with van der Waals surface area (Å²) in [5.41, 5.74) is 1.09. The van der Waals surface area contributed by atoms with Crippen LogP contribution in [0.15, 0.2) is 39.4 Å². The van der Waals surface area contributed by atoms with Gasteiger partial charge in [0.15, 0.2) is 20.0 Å². The summed E-state index contributed by atoms with van der Waals surface area (Å²) >= 11 is 4.65. The average Bonchev–Trinajstić information content (AvgIpc) is 3.23. The van der Waals surface area contributed by atoms with Gasteiger partial charge in [0.25, 0.3) is 5.91 Å². The second kappa shape index (κ2) is 7.98. The average molecular weight is 456 g/mol. The van der Waals surface area contributed by atoms with E-state index in [9.17, 15) is 13.2 Å². The van der Waals surface area contributed by atoms with Gasteiger partial charge < -0.3 is 0 Å². The molecule has 1 amide bonds. The zero-order chi connectivity index (χ0) is 18.7. The Balaban J connectivity index is 1.91. The lowest BCUT2D eigenvalue weighted by molar-refractivity contribution is -0.111. The summed E-state index contributed by atoms with van der Waals surface area (Å²) in [6.07, 6.45) is 10.6. The summed E-state index contributed by atoms with van der Waals surface area (Å²) < 4.78 is 24.0. The molecule has 26 heavy (non-hydrogen) atoms. The Kier molecular flexibility index (Phi) is 5.89. The third kappa shape index (κ3) is 4.77. The third-order valence-corrected chi connectivity index (χ3v) is 6.56. The summed E-state index contributed by atoms with van der Waals surface area (Å²) in [7, 11) is -3.38. The van der Waals surface area contributed by atoms with E-state index >= 15 is 0 Å². The molecule has 6 nitrogen and oxygen atoms in total. The van der Waals surface area contributed by atoms with Crippen LogP contribution in [0.4, 0.5) is 5.13 Å². The number of nitrogens with zero attached hydrogens (tertiary/aromatic N) is 2. The van der Waals surface area contributed by atoms with E-state index < -0.39 is 9.84 Å². The molecular formula is C17H18BrN3O3S2. The number of allylic oxidation sites excluding steroid dienone is 1. The van der Waals surface area contributed by atoms with Gasteiger partial charge in [-0.15, -0.1) is 0 Å². The first-order valence-corrected chi connectivity index (χ1v) is 11.6. The fraction of sp³-hybridized carbons (Fsp3) is 0.353. The van der Waals surface area contributed by atoms with Crippen LogP contribution in [0, 0.1) is 5.92 Å². The molecule has 2 aromatic heterocycles. The molecule has 1 N–H and O–H groups in total. The fourth-order valence-corrected chi connectivity index (χ4v) is 4.56. The van der Waals surface area contributed by atoms with Crippen molar-refractivity contribution in [2.45, 2.75) is 30.7 Å². The fourth-order valence-electron chi connectivity index (χ4n) is 2.90. The van der Waals surface area contributed by atoms with E-state index in [4.69, 9.17) is 0 Å². The first-order chi connectivity index (χ1) is 12.3. The summed E-state index contributed by atoms with van der Waals surface area (Å²) in [6, 6.07) is 3.06. The molecule has 9 heteroatoms. The number of sulfone groups is 1. The van der Waals surface area contributed by atoms with Crippen molar-refractivity contribution in [1.82, 2.24) is 9.97 Å². The van der Waals surface area contributed by atoms with Crippen LogP contribution in [-0.2, 0) is 14.6 Å². The molecule has 2 aromatic rings. The van der Waals surface area contributed by atoms with Crippen LogP contribution >= 0.6 is 27.3 Å². The van der Waals surface area contributed by atoms with Crippen molar-refractivity contribution in [1.29, 1.82) is 0 Å². The molecule has 1 saturated carbocycles. The molecule has 3 rings (SSSR count). The highest BCUT2D eigenvalue weighted by Crippen LogP contribution is 2.30. The Morgan fingerprint density at radius 2 is 2.00 bits per heavy atom. The van der Waals surface area contributed by atoms with Gasteiger partial charge in [-0.2, -0.15) is 0 Å². The maximum absolute atomic E-state index is 12.8. The summed E-state index contributed by atoms with van der Waals surface area (Å²) in [6.45, 7) is 0. The van der Waals surface area contributed by atoms with E-state index in [0.717, 1.165) is 35.7 Å². The zero-order valence-electron chi connectivity index (χ0n) is 14.1. The second-order valence-corrected chi connectivity index (χ2v) is 10.6. The topological polar surface area (TPSA) is 89.0 Å². The van der Waals surface area contributed by atoms with Crippen LogP contribution < -0.4 is 5.32 Å². The van der Waals surface area contributed by atoms with Crippen molar-refractivity contribution in [3.05, 3.63) is 40.0 Å². The first-order valence-electron chi connectivity index (χ1n) is 8.14. The predicted octanol–water partition coefficient (Wildman–Crippen LogP) is 3.92. The Labute approximate surface area is 164 Å². The minimum Gasteiger partial charge on any atom is -0.298 e. The monoisotopic (exact) mass is 455 g/mol. The number of nitrogens with one attached hydrogen (secondary N) is 1. The van der Waals surface area contributed by atoms with Crippen molar-refractivity contribution in [2.75, 3.05) is 11.6 Å². The SMILES string of the molecule is CS(=O)(=O)c1ccc(/C(=C\C2CCCC2)C(=O)Nc2ncc(Br)s2)cn1. The van der Waals surface area contributed by atoms with Crippen LogP contribution in [0.25, 0.3) is 5.57 Å². The molecule has 1 fully saturated rings. The lowest BCUT2D eigenvalue weighted by atomic mass is 9.99. The molecule has 1 aliphatic carbocycles. The van der Waals surface area contributed by atoms with Gasteiger partial charge in [-0.25, -0.2) is 18.4 Å². The first kappa shape index (κ1) is 19.2. The quantitative estimate of drug-likeness (QED) is 0.689.